The average molecular weight is 170 g/mol. The van der Waals surface area contributed by atoms with Gasteiger partial charge < -0.3 is 10.1 Å². The molecule has 3 heteroatoms. The molecule has 0 atom stereocenters. The Morgan fingerprint density at radius 1 is 1.45 bits per heavy atom. The largest absolute Gasteiger partial charge is 0.362 e. The second-order valence-electron chi connectivity index (χ2n) is 2.44. The van der Waals surface area contributed by atoms with Gasteiger partial charge in [0.15, 0.2) is 0 Å². The minimum atomic E-state index is 0.577. The van der Waals surface area contributed by atoms with Gasteiger partial charge in [0, 0.05) is 16.3 Å². The first-order valence-electron chi connectivity index (χ1n) is 3.47. The predicted molar refractivity (Wildman–Crippen MR) is 44.7 cm³/mol. The molecule has 0 spiro atoms. The number of fused-ring (bicyclic) bond motifs is 1. The Bertz CT molecular complexity index is 275. The molecule has 0 unspecified atom stereocenters. The van der Waals surface area contributed by atoms with Gasteiger partial charge in [-0.3, -0.25) is 0 Å². The van der Waals surface area contributed by atoms with Crippen molar-refractivity contribution in [3.05, 3.63) is 28.8 Å². The number of anilines is 1. The summed E-state index contributed by atoms with van der Waals surface area (Å²) < 4.78 is 5.18. The average Bonchev–Trinajstić information content (AvgIpc) is 2.06. The summed E-state index contributed by atoms with van der Waals surface area (Å²) in [7, 11) is 0. The number of ether oxygens (including phenoxy) is 1. The summed E-state index contributed by atoms with van der Waals surface area (Å²) >= 11 is 5.92. The smallest absolute Gasteiger partial charge is 0.116 e. The van der Waals surface area contributed by atoms with Gasteiger partial charge in [-0.2, -0.15) is 0 Å². The molecule has 0 bridgehead atoms. The molecule has 1 aliphatic rings. The van der Waals surface area contributed by atoms with Crippen LogP contribution in [0.3, 0.4) is 0 Å². The summed E-state index contributed by atoms with van der Waals surface area (Å²) in [5.41, 5.74) is 2.14. The normalized spacial score (nSPS) is 15.4. The number of halogens is 1. The molecule has 0 saturated heterocycles. The molecule has 0 fully saturated rings. The van der Waals surface area contributed by atoms with Crippen molar-refractivity contribution in [2.45, 2.75) is 6.61 Å². The molecule has 1 aliphatic heterocycles. The van der Waals surface area contributed by atoms with Crippen LogP contribution in [-0.2, 0) is 11.3 Å². The van der Waals surface area contributed by atoms with Crippen molar-refractivity contribution < 1.29 is 4.74 Å². The number of rotatable bonds is 0. The first-order valence-corrected chi connectivity index (χ1v) is 3.85. The van der Waals surface area contributed by atoms with E-state index >= 15 is 0 Å². The van der Waals surface area contributed by atoms with Crippen molar-refractivity contribution in [1.82, 2.24) is 0 Å². The molecule has 11 heavy (non-hydrogen) atoms. The van der Waals surface area contributed by atoms with Crippen LogP contribution in [0.2, 0.25) is 5.02 Å². The van der Waals surface area contributed by atoms with Crippen molar-refractivity contribution in [2.75, 3.05) is 12.0 Å². The van der Waals surface area contributed by atoms with Gasteiger partial charge in [0.2, 0.25) is 0 Å². The maximum atomic E-state index is 5.92. The van der Waals surface area contributed by atoms with Crippen LogP contribution in [0.5, 0.6) is 0 Å². The van der Waals surface area contributed by atoms with Crippen molar-refractivity contribution in [3.8, 4) is 0 Å². The molecular weight excluding hydrogens is 162 g/mol. The fourth-order valence-electron chi connectivity index (χ4n) is 1.15. The molecule has 1 aromatic carbocycles. The van der Waals surface area contributed by atoms with Crippen molar-refractivity contribution in [2.24, 2.45) is 0 Å². The van der Waals surface area contributed by atoms with Gasteiger partial charge in [-0.05, 0) is 12.1 Å². The lowest BCUT2D eigenvalue weighted by Gasteiger charge is -2.18. The van der Waals surface area contributed by atoms with Gasteiger partial charge in [-0.25, -0.2) is 0 Å². The lowest BCUT2D eigenvalue weighted by Crippen LogP contribution is -2.14. The SMILES string of the molecule is Clc1cccc2c1COCN2. The number of benzene rings is 1. The molecular formula is C8H8ClNO. The Hall–Kier alpha value is -0.730. The van der Waals surface area contributed by atoms with E-state index in [1.54, 1.807) is 0 Å². The van der Waals surface area contributed by atoms with Crippen LogP contribution in [0.25, 0.3) is 0 Å². The molecule has 2 rings (SSSR count). The van der Waals surface area contributed by atoms with E-state index in [2.05, 4.69) is 5.32 Å². The van der Waals surface area contributed by atoms with Gasteiger partial charge >= 0.3 is 0 Å². The highest BCUT2D eigenvalue weighted by Crippen LogP contribution is 2.27. The first-order chi connectivity index (χ1) is 5.38. The highest BCUT2D eigenvalue weighted by Gasteiger charge is 2.10. The van der Waals surface area contributed by atoms with E-state index in [0.29, 0.717) is 13.3 Å². The van der Waals surface area contributed by atoms with E-state index in [1.165, 1.54) is 0 Å². The van der Waals surface area contributed by atoms with Gasteiger partial charge in [0.1, 0.15) is 6.73 Å². The summed E-state index contributed by atoms with van der Waals surface area (Å²) in [5, 5.41) is 3.87. The third-order valence-corrected chi connectivity index (χ3v) is 2.08. The van der Waals surface area contributed by atoms with Gasteiger partial charge in [-0.1, -0.05) is 17.7 Å². The zero-order chi connectivity index (χ0) is 7.68. The first kappa shape index (κ1) is 6.95. The van der Waals surface area contributed by atoms with E-state index in [1.807, 2.05) is 18.2 Å². The molecule has 1 aromatic rings. The van der Waals surface area contributed by atoms with E-state index in [0.717, 1.165) is 16.3 Å². The molecule has 2 nitrogen and oxygen atoms in total. The number of hydrogen-bond donors (Lipinski definition) is 1. The second-order valence-corrected chi connectivity index (χ2v) is 2.84. The summed E-state index contributed by atoms with van der Waals surface area (Å²) in [6.07, 6.45) is 0. The maximum absolute atomic E-state index is 5.92. The maximum Gasteiger partial charge on any atom is 0.116 e. The number of hydrogen-bond acceptors (Lipinski definition) is 2. The second kappa shape index (κ2) is 2.72. The quantitative estimate of drug-likeness (QED) is 0.643. The molecule has 0 amide bonds. The van der Waals surface area contributed by atoms with E-state index in [9.17, 15) is 0 Å². The Morgan fingerprint density at radius 3 is 3.18 bits per heavy atom. The molecule has 58 valence electrons. The molecule has 1 heterocycles. The van der Waals surface area contributed by atoms with Gasteiger partial charge in [0.05, 0.1) is 6.61 Å². The Morgan fingerprint density at radius 2 is 2.36 bits per heavy atom. The molecule has 0 aliphatic carbocycles. The Balaban J connectivity index is 2.49. The Labute approximate surface area is 70.1 Å². The zero-order valence-corrected chi connectivity index (χ0v) is 6.69. The molecule has 0 aromatic heterocycles. The van der Waals surface area contributed by atoms with Crippen LogP contribution >= 0.6 is 11.6 Å². The molecule has 0 radical (unpaired) electrons. The highest BCUT2D eigenvalue weighted by atomic mass is 35.5. The summed E-state index contributed by atoms with van der Waals surface area (Å²) in [4.78, 5) is 0. The minimum Gasteiger partial charge on any atom is -0.362 e. The Kier molecular flexibility index (Phi) is 1.72. The van der Waals surface area contributed by atoms with Crippen molar-refractivity contribution in [1.29, 1.82) is 0 Å². The zero-order valence-electron chi connectivity index (χ0n) is 5.93. The lowest BCUT2D eigenvalue weighted by molar-refractivity contribution is 0.131. The van der Waals surface area contributed by atoms with E-state index in [4.69, 9.17) is 16.3 Å². The summed E-state index contributed by atoms with van der Waals surface area (Å²) in [6.45, 7) is 1.19. The lowest BCUT2D eigenvalue weighted by atomic mass is 10.2. The third-order valence-electron chi connectivity index (χ3n) is 1.73. The predicted octanol–water partition coefficient (Wildman–Crippen LogP) is 2.24. The summed E-state index contributed by atoms with van der Waals surface area (Å²) in [5.74, 6) is 0. The third kappa shape index (κ3) is 1.19. The number of nitrogens with one attached hydrogen (secondary N) is 1. The molecule has 1 N–H and O–H groups in total. The van der Waals surface area contributed by atoms with Crippen LogP contribution in [-0.4, -0.2) is 6.73 Å². The van der Waals surface area contributed by atoms with E-state index in [-0.39, 0.29) is 0 Å². The fraction of sp³-hybridized carbons (Fsp3) is 0.250. The van der Waals surface area contributed by atoms with E-state index < -0.39 is 0 Å². The van der Waals surface area contributed by atoms with Gasteiger partial charge in [0.25, 0.3) is 0 Å². The highest BCUT2D eigenvalue weighted by molar-refractivity contribution is 6.31. The van der Waals surface area contributed by atoms with Crippen molar-refractivity contribution >= 4 is 17.3 Å². The van der Waals surface area contributed by atoms with Crippen LogP contribution in [0.4, 0.5) is 5.69 Å². The fourth-order valence-corrected chi connectivity index (χ4v) is 1.38. The minimum absolute atomic E-state index is 0.577. The van der Waals surface area contributed by atoms with Crippen LogP contribution in [0, 0.1) is 0 Å². The van der Waals surface area contributed by atoms with Crippen LogP contribution in [0.1, 0.15) is 5.56 Å². The molecule has 0 saturated carbocycles. The monoisotopic (exact) mass is 169 g/mol. The topological polar surface area (TPSA) is 21.3 Å². The summed E-state index contributed by atoms with van der Waals surface area (Å²) in [6, 6.07) is 5.81. The standard InChI is InChI=1S/C8H8ClNO/c9-7-2-1-3-8-6(7)4-11-5-10-8/h1-3,10H,4-5H2. The van der Waals surface area contributed by atoms with Crippen LogP contribution in [0.15, 0.2) is 18.2 Å². The van der Waals surface area contributed by atoms with Crippen molar-refractivity contribution in [3.63, 3.8) is 0 Å². The van der Waals surface area contributed by atoms with Crippen LogP contribution < -0.4 is 5.32 Å². The van der Waals surface area contributed by atoms with Gasteiger partial charge in [-0.15, -0.1) is 0 Å².